The normalized spacial score (nSPS) is 12.3. The molecule has 0 unspecified atom stereocenters. The number of rotatable bonds is 0. The number of fused-ring (bicyclic) bond motifs is 14. The van der Waals surface area contributed by atoms with E-state index in [1.807, 2.05) is 11.3 Å². The summed E-state index contributed by atoms with van der Waals surface area (Å²) in [6, 6.07) is 38.5. The molecule has 8 rings (SSSR count). The van der Waals surface area contributed by atoms with E-state index < -0.39 is 0 Å². The highest BCUT2D eigenvalue weighted by Gasteiger charge is 2.17. The largest absolute Gasteiger partial charge is 0.135 e. The number of benzene rings is 7. The second kappa shape index (κ2) is 6.56. The molecule has 0 aliphatic heterocycles. The van der Waals surface area contributed by atoms with Crippen LogP contribution in [0.1, 0.15) is 5.56 Å². The average Bonchev–Trinajstić information content (AvgIpc) is 3.25. The fraction of sp³-hybridized carbons (Fsp3) is 0.0303. The van der Waals surface area contributed by atoms with Gasteiger partial charge in [-0.05, 0) is 79.0 Å². The van der Waals surface area contributed by atoms with Crippen molar-refractivity contribution < 1.29 is 0 Å². The first-order valence-corrected chi connectivity index (χ1v) is 12.6. The third-order valence-electron chi connectivity index (χ3n) is 7.45. The molecule has 8 aromatic rings. The van der Waals surface area contributed by atoms with Gasteiger partial charge >= 0.3 is 0 Å². The lowest BCUT2D eigenvalue weighted by atomic mass is 9.86. The minimum Gasteiger partial charge on any atom is -0.135 e. The van der Waals surface area contributed by atoms with Crippen molar-refractivity contribution in [3.63, 3.8) is 0 Å². The maximum atomic E-state index is 2.46. The Morgan fingerprint density at radius 2 is 0.941 bits per heavy atom. The van der Waals surface area contributed by atoms with Crippen LogP contribution in [0.2, 0.25) is 0 Å². The lowest BCUT2D eigenvalue weighted by Gasteiger charge is -2.17. The predicted octanol–water partition coefficient (Wildman–Crippen LogP) is 10.1. The van der Waals surface area contributed by atoms with Crippen molar-refractivity contribution in [3.8, 4) is 0 Å². The van der Waals surface area contributed by atoms with Gasteiger partial charge in [-0.3, -0.25) is 0 Å². The van der Waals surface area contributed by atoms with Crippen LogP contribution in [0.3, 0.4) is 0 Å². The minimum absolute atomic E-state index is 1.30. The van der Waals surface area contributed by atoms with Gasteiger partial charge in [0.2, 0.25) is 0 Å². The Morgan fingerprint density at radius 1 is 0.382 bits per heavy atom. The molecule has 0 nitrogen and oxygen atoms in total. The van der Waals surface area contributed by atoms with E-state index in [-0.39, 0.29) is 0 Å². The summed E-state index contributed by atoms with van der Waals surface area (Å²) in [5, 5.41) is 16.2. The van der Waals surface area contributed by atoms with Gasteiger partial charge in [-0.1, -0.05) is 90.5 Å². The van der Waals surface area contributed by atoms with Gasteiger partial charge in [0, 0.05) is 20.2 Å². The zero-order valence-corrected chi connectivity index (χ0v) is 19.5. The summed E-state index contributed by atoms with van der Waals surface area (Å²) in [7, 11) is 0. The van der Waals surface area contributed by atoms with Crippen molar-refractivity contribution in [2.45, 2.75) is 6.92 Å². The Hall–Kier alpha value is -3.94. The fourth-order valence-electron chi connectivity index (χ4n) is 6.00. The molecular weight excluding hydrogens is 428 g/mol. The molecule has 0 amide bonds. The lowest BCUT2D eigenvalue weighted by molar-refractivity contribution is 1.51. The van der Waals surface area contributed by atoms with E-state index >= 15 is 0 Å². The topological polar surface area (TPSA) is 0 Å². The third-order valence-corrected chi connectivity index (χ3v) is 8.59. The Balaban J connectivity index is 1.78. The van der Waals surface area contributed by atoms with Gasteiger partial charge < -0.3 is 0 Å². The summed E-state index contributed by atoms with van der Waals surface area (Å²) in [5.41, 5.74) is 1.30. The molecule has 0 aliphatic carbocycles. The van der Waals surface area contributed by atoms with Gasteiger partial charge in [0.1, 0.15) is 0 Å². The summed E-state index contributed by atoms with van der Waals surface area (Å²) >= 11 is 1.90. The van der Waals surface area contributed by atoms with Gasteiger partial charge in [0.05, 0.1) is 0 Å². The molecule has 34 heavy (non-hydrogen) atoms. The van der Waals surface area contributed by atoms with Crippen LogP contribution in [0.5, 0.6) is 0 Å². The van der Waals surface area contributed by atoms with Gasteiger partial charge in [-0.25, -0.2) is 0 Å². The number of hydrogen-bond donors (Lipinski definition) is 0. The van der Waals surface area contributed by atoms with Gasteiger partial charge in [0.25, 0.3) is 0 Å². The van der Waals surface area contributed by atoms with E-state index in [9.17, 15) is 0 Å². The Morgan fingerprint density at radius 3 is 1.68 bits per heavy atom. The Labute approximate surface area is 200 Å². The second-order valence-corrected chi connectivity index (χ2v) is 10.5. The minimum atomic E-state index is 1.30. The third kappa shape index (κ3) is 2.32. The van der Waals surface area contributed by atoms with Crippen molar-refractivity contribution in [2.24, 2.45) is 0 Å². The molecule has 0 saturated carbocycles. The van der Waals surface area contributed by atoms with Crippen LogP contribution in [0.25, 0.3) is 74.0 Å². The van der Waals surface area contributed by atoms with E-state index in [1.54, 1.807) is 0 Å². The number of hydrogen-bond acceptors (Lipinski definition) is 1. The van der Waals surface area contributed by atoms with E-state index in [4.69, 9.17) is 0 Å². The van der Waals surface area contributed by atoms with E-state index in [0.717, 1.165) is 0 Å². The van der Waals surface area contributed by atoms with Crippen LogP contribution in [-0.4, -0.2) is 0 Å². The summed E-state index contributed by atoms with van der Waals surface area (Å²) in [5.74, 6) is 0. The molecule has 1 heterocycles. The van der Waals surface area contributed by atoms with E-state index in [1.165, 1.54) is 79.6 Å². The SMILES string of the molecule is Cc1ccc2c(c1)c1cc3c(cc1c1c4ccccc4c4ccccc4c21)sc1ccccc13. The molecule has 0 saturated heterocycles. The maximum Gasteiger partial charge on any atom is 0.0362 e. The summed E-state index contributed by atoms with van der Waals surface area (Å²) in [6.45, 7) is 2.20. The molecule has 1 aromatic heterocycles. The Bertz CT molecular complexity index is 2130. The van der Waals surface area contributed by atoms with Gasteiger partial charge in [0.15, 0.2) is 0 Å². The fourth-order valence-corrected chi connectivity index (χ4v) is 7.13. The molecule has 0 spiro atoms. The monoisotopic (exact) mass is 448 g/mol. The number of aryl methyl sites for hydroxylation is 1. The maximum absolute atomic E-state index is 2.46. The smallest absolute Gasteiger partial charge is 0.0362 e. The zero-order valence-electron chi connectivity index (χ0n) is 18.7. The van der Waals surface area contributed by atoms with Crippen LogP contribution in [0.15, 0.2) is 103 Å². The van der Waals surface area contributed by atoms with Crippen molar-refractivity contribution in [2.75, 3.05) is 0 Å². The average molecular weight is 449 g/mol. The summed E-state index contributed by atoms with van der Waals surface area (Å²) in [6.07, 6.45) is 0. The van der Waals surface area contributed by atoms with E-state index in [2.05, 4.69) is 110 Å². The quantitative estimate of drug-likeness (QED) is 0.202. The van der Waals surface area contributed by atoms with Crippen molar-refractivity contribution in [3.05, 3.63) is 109 Å². The first kappa shape index (κ1) is 18.5. The van der Waals surface area contributed by atoms with E-state index in [0.29, 0.717) is 0 Å². The molecule has 7 aromatic carbocycles. The molecule has 0 aliphatic rings. The van der Waals surface area contributed by atoms with Gasteiger partial charge in [-0.15, -0.1) is 11.3 Å². The van der Waals surface area contributed by atoms with Crippen LogP contribution in [0, 0.1) is 6.92 Å². The first-order chi connectivity index (χ1) is 16.8. The highest BCUT2D eigenvalue weighted by Crippen LogP contribution is 2.46. The summed E-state index contributed by atoms with van der Waals surface area (Å²) in [4.78, 5) is 0. The molecule has 158 valence electrons. The first-order valence-electron chi connectivity index (χ1n) is 11.8. The Kier molecular flexibility index (Phi) is 3.57. The van der Waals surface area contributed by atoms with Crippen molar-refractivity contribution in [1.29, 1.82) is 0 Å². The lowest BCUT2D eigenvalue weighted by Crippen LogP contribution is -1.89. The highest BCUT2D eigenvalue weighted by molar-refractivity contribution is 7.25. The zero-order chi connectivity index (χ0) is 22.4. The van der Waals surface area contributed by atoms with Crippen LogP contribution < -0.4 is 0 Å². The number of thiophene rings is 1. The van der Waals surface area contributed by atoms with Crippen LogP contribution in [-0.2, 0) is 0 Å². The van der Waals surface area contributed by atoms with Crippen LogP contribution >= 0.6 is 11.3 Å². The molecule has 0 bridgehead atoms. The van der Waals surface area contributed by atoms with Crippen molar-refractivity contribution >= 4 is 85.4 Å². The molecular formula is C33H20S. The molecule has 0 radical (unpaired) electrons. The molecule has 0 fully saturated rings. The molecule has 0 atom stereocenters. The summed E-state index contributed by atoms with van der Waals surface area (Å²) < 4.78 is 2.71. The molecule has 0 N–H and O–H groups in total. The second-order valence-electron chi connectivity index (χ2n) is 9.38. The molecule has 1 heteroatoms. The van der Waals surface area contributed by atoms with Crippen LogP contribution in [0.4, 0.5) is 0 Å². The van der Waals surface area contributed by atoms with Gasteiger partial charge in [-0.2, -0.15) is 0 Å². The van der Waals surface area contributed by atoms with Crippen molar-refractivity contribution in [1.82, 2.24) is 0 Å². The highest BCUT2D eigenvalue weighted by atomic mass is 32.1. The standard InChI is InChI=1S/C33H20S/c1-19-14-15-25-26(16-19)27-17-28-22-10-6-7-13-30(22)34-31(28)18-29(27)33-24-12-5-3-9-21(24)20-8-2-4-11-23(20)32(25)33/h2-18H,1H3. The predicted molar refractivity (Wildman–Crippen MR) is 152 cm³/mol.